The molecule has 1 N–H and O–H groups in total. The molecule has 0 bridgehead atoms. The molecular weight excluding hydrogens is 404 g/mol. The zero-order chi connectivity index (χ0) is 22.1. The van der Waals surface area contributed by atoms with Crippen LogP contribution in [0.5, 0.6) is 0 Å². The van der Waals surface area contributed by atoms with Gasteiger partial charge in [-0.2, -0.15) is 4.98 Å². The Morgan fingerprint density at radius 3 is 2.34 bits per heavy atom. The van der Waals surface area contributed by atoms with Crippen LogP contribution in [0, 0.1) is 0 Å². The Kier molecular flexibility index (Phi) is 5.25. The maximum absolute atomic E-state index is 13.3. The Hall–Kier alpha value is -3.48. The summed E-state index contributed by atoms with van der Waals surface area (Å²) in [6, 6.07) is 17.5. The predicted octanol–water partition coefficient (Wildman–Crippen LogP) is 4.13. The largest absolute Gasteiger partial charge is 0.342 e. The second-order valence-corrected chi connectivity index (χ2v) is 8.73. The smallest absolute Gasteiger partial charge is 0.233 e. The van der Waals surface area contributed by atoms with E-state index < -0.39 is 0 Å². The van der Waals surface area contributed by atoms with E-state index in [1.165, 1.54) is 6.92 Å². The first-order valence-electron chi connectivity index (χ1n) is 11.1. The Balaban J connectivity index is 1.21. The van der Waals surface area contributed by atoms with Gasteiger partial charge in [0, 0.05) is 37.2 Å². The Morgan fingerprint density at radius 1 is 1.03 bits per heavy atom. The van der Waals surface area contributed by atoms with Gasteiger partial charge in [-0.15, -0.1) is 0 Å². The third-order valence-electron chi connectivity index (χ3n) is 6.52. The van der Waals surface area contributed by atoms with E-state index in [-0.39, 0.29) is 23.1 Å². The van der Waals surface area contributed by atoms with Crippen LogP contribution in [0.2, 0.25) is 0 Å². The maximum atomic E-state index is 13.3. The lowest BCUT2D eigenvalue weighted by molar-refractivity contribution is -0.135. The fourth-order valence-corrected chi connectivity index (χ4v) is 4.56. The number of piperidine rings is 1. The number of benzene rings is 2. The zero-order valence-corrected chi connectivity index (χ0v) is 18.1. The van der Waals surface area contributed by atoms with E-state index in [1.807, 2.05) is 47.4 Å². The lowest BCUT2D eigenvalue weighted by Gasteiger charge is -2.33. The highest BCUT2D eigenvalue weighted by Crippen LogP contribution is 2.50. The highest BCUT2D eigenvalue weighted by molar-refractivity contribution is 5.91. The van der Waals surface area contributed by atoms with E-state index in [4.69, 9.17) is 4.52 Å². The molecule has 2 aromatic carbocycles. The molecule has 2 fully saturated rings. The minimum absolute atomic E-state index is 0.110. The molecule has 3 aromatic rings. The molecule has 1 aliphatic heterocycles. The summed E-state index contributed by atoms with van der Waals surface area (Å²) in [7, 11) is 0. The van der Waals surface area contributed by atoms with Gasteiger partial charge in [-0.3, -0.25) is 9.59 Å². The normalized spacial score (nSPS) is 17.7. The summed E-state index contributed by atoms with van der Waals surface area (Å²) >= 11 is 0. The lowest BCUT2D eigenvalue weighted by atomic mass is 9.91. The average Bonchev–Trinajstić information content (AvgIpc) is 3.49. The third-order valence-corrected chi connectivity index (χ3v) is 6.52. The van der Waals surface area contributed by atoms with E-state index in [1.54, 1.807) is 0 Å². The first-order valence-corrected chi connectivity index (χ1v) is 11.1. The molecule has 7 heteroatoms. The zero-order valence-electron chi connectivity index (χ0n) is 18.1. The standard InChI is InChI=1S/C25H26N4O3/c1-17(30)26-21-9-7-18(8-10-21)22-27-23(32-28-22)19-11-15-29(16-12-19)24(31)25(13-14-25)20-5-3-2-4-6-20/h2-10,19H,11-16H2,1H3,(H,26,30). The lowest BCUT2D eigenvalue weighted by Crippen LogP contribution is -2.43. The average molecular weight is 431 g/mol. The molecule has 2 amide bonds. The number of aromatic nitrogens is 2. The number of carbonyl (C=O) groups excluding carboxylic acids is 2. The van der Waals surface area contributed by atoms with Crippen LogP contribution in [0.15, 0.2) is 59.1 Å². The molecule has 2 heterocycles. The van der Waals surface area contributed by atoms with Gasteiger partial charge in [0.15, 0.2) is 0 Å². The van der Waals surface area contributed by atoms with E-state index in [9.17, 15) is 9.59 Å². The number of amides is 2. The first kappa shape index (κ1) is 20.4. The number of carbonyl (C=O) groups is 2. The summed E-state index contributed by atoms with van der Waals surface area (Å²) in [4.78, 5) is 31.0. The van der Waals surface area contributed by atoms with Gasteiger partial charge < -0.3 is 14.7 Å². The van der Waals surface area contributed by atoms with Crippen molar-refractivity contribution in [1.29, 1.82) is 0 Å². The highest BCUT2D eigenvalue weighted by Gasteiger charge is 2.53. The van der Waals surface area contributed by atoms with Gasteiger partial charge in [0.25, 0.3) is 0 Å². The number of nitrogens with one attached hydrogen (secondary N) is 1. The van der Waals surface area contributed by atoms with Crippen molar-refractivity contribution < 1.29 is 14.1 Å². The van der Waals surface area contributed by atoms with Gasteiger partial charge in [-0.05, 0) is 55.5 Å². The van der Waals surface area contributed by atoms with E-state index in [2.05, 4.69) is 27.6 Å². The van der Waals surface area contributed by atoms with Crippen LogP contribution >= 0.6 is 0 Å². The van der Waals surface area contributed by atoms with Crippen LogP contribution in [-0.4, -0.2) is 39.9 Å². The summed E-state index contributed by atoms with van der Waals surface area (Å²) < 4.78 is 5.56. The molecule has 7 nitrogen and oxygen atoms in total. The molecule has 32 heavy (non-hydrogen) atoms. The van der Waals surface area contributed by atoms with Gasteiger partial charge in [0.1, 0.15) is 0 Å². The molecule has 164 valence electrons. The van der Waals surface area contributed by atoms with Crippen LogP contribution in [0.1, 0.15) is 50.0 Å². The van der Waals surface area contributed by atoms with Crippen molar-refractivity contribution in [1.82, 2.24) is 15.0 Å². The number of nitrogens with zero attached hydrogens (tertiary/aromatic N) is 3. The summed E-state index contributed by atoms with van der Waals surface area (Å²) in [6.45, 7) is 2.90. The molecule has 1 saturated carbocycles. The molecule has 2 aliphatic rings. The SMILES string of the molecule is CC(=O)Nc1ccc(-c2noc(C3CCN(C(=O)C4(c5ccccc5)CC4)CC3)n2)cc1. The summed E-state index contributed by atoms with van der Waals surface area (Å²) in [5, 5.41) is 6.88. The van der Waals surface area contributed by atoms with Crippen molar-refractivity contribution in [2.24, 2.45) is 0 Å². The minimum Gasteiger partial charge on any atom is -0.342 e. The molecule has 1 saturated heterocycles. The number of hydrogen-bond donors (Lipinski definition) is 1. The van der Waals surface area contributed by atoms with E-state index in [0.717, 1.165) is 42.5 Å². The van der Waals surface area contributed by atoms with Crippen molar-refractivity contribution in [3.05, 3.63) is 66.1 Å². The van der Waals surface area contributed by atoms with Gasteiger partial charge >= 0.3 is 0 Å². The van der Waals surface area contributed by atoms with Crippen LogP contribution in [0.4, 0.5) is 5.69 Å². The van der Waals surface area contributed by atoms with Gasteiger partial charge in [0.05, 0.1) is 5.41 Å². The van der Waals surface area contributed by atoms with E-state index >= 15 is 0 Å². The monoisotopic (exact) mass is 430 g/mol. The third kappa shape index (κ3) is 3.90. The Morgan fingerprint density at radius 2 is 1.72 bits per heavy atom. The predicted molar refractivity (Wildman–Crippen MR) is 120 cm³/mol. The molecule has 0 atom stereocenters. The quantitative estimate of drug-likeness (QED) is 0.657. The Labute approximate surface area is 186 Å². The van der Waals surface area contributed by atoms with Crippen molar-refractivity contribution in [2.75, 3.05) is 18.4 Å². The number of likely N-dealkylation sites (tertiary alicyclic amines) is 1. The second-order valence-electron chi connectivity index (χ2n) is 8.73. The maximum Gasteiger partial charge on any atom is 0.233 e. The topological polar surface area (TPSA) is 88.3 Å². The van der Waals surface area contributed by atoms with Crippen molar-refractivity contribution in [3.63, 3.8) is 0 Å². The molecule has 1 aliphatic carbocycles. The summed E-state index contributed by atoms with van der Waals surface area (Å²) in [5.41, 5.74) is 2.39. The van der Waals surface area contributed by atoms with Crippen LogP contribution in [-0.2, 0) is 15.0 Å². The fourth-order valence-electron chi connectivity index (χ4n) is 4.56. The summed E-state index contributed by atoms with van der Waals surface area (Å²) in [5.74, 6) is 1.47. The van der Waals surface area contributed by atoms with Crippen LogP contribution in [0.25, 0.3) is 11.4 Å². The number of rotatable bonds is 5. The fraction of sp³-hybridized carbons (Fsp3) is 0.360. The van der Waals surface area contributed by atoms with Gasteiger partial charge in [0.2, 0.25) is 23.5 Å². The molecular formula is C25H26N4O3. The summed E-state index contributed by atoms with van der Waals surface area (Å²) in [6.07, 6.45) is 3.51. The van der Waals surface area contributed by atoms with Crippen molar-refractivity contribution in [2.45, 2.75) is 43.9 Å². The van der Waals surface area contributed by atoms with Crippen molar-refractivity contribution >= 4 is 17.5 Å². The van der Waals surface area contributed by atoms with Crippen LogP contribution < -0.4 is 5.32 Å². The van der Waals surface area contributed by atoms with Gasteiger partial charge in [-0.25, -0.2) is 0 Å². The Bertz CT molecular complexity index is 1110. The van der Waals surface area contributed by atoms with Crippen molar-refractivity contribution in [3.8, 4) is 11.4 Å². The molecule has 0 radical (unpaired) electrons. The highest BCUT2D eigenvalue weighted by atomic mass is 16.5. The number of hydrogen-bond acceptors (Lipinski definition) is 5. The molecule has 1 aromatic heterocycles. The second kappa shape index (κ2) is 8.22. The minimum atomic E-state index is -0.310. The molecule has 5 rings (SSSR count). The molecule has 0 spiro atoms. The molecule has 0 unspecified atom stereocenters. The number of anilines is 1. The van der Waals surface area contributed by atoms with Crippen LogP contribution in [0.3, 0.4) is 0 Å². The van der Waals surface area contributed by atoms with Gasteiger partial charge in [-0.1, -0.05) is 35.5 Å². The first-order chi connectivity index (χ1) is 15.5. The van der Waals surface area contributed by atoms with E-state index in [0.29, 0.717) is 24.8 Å².